The molecule has 1 unspecified atom stereocenters. The van der Waals surface area contributed by atoms with E-state index in [2.05, 4.69) is 22.1 Å². The van der Waals surface area contributed by atoms with Gasteiger partial charge in [0.2, 0.25) is 11.7 Å². The minimum atomic E-state index is -0.0536. The van der Waals surface area contributed by atoms with Gasteiger partial charge in [-0.15, -0.1) is 0 Å². The molecule has 0 radical (unpaired) electrons. The van der Waals surface area contributed by atoms with Crippen LogP contribution >= 0.6 is 0 Å². The topological polar surface area (TPSA) is 77.4 Å². The summed E-state index contributed by atoms with van der Waals surface area (Å²) in [4.78, 5) is 6.77. The normalized spacial score (nSPS) is 33.5. The standard InChI is InChI=1S/C13H22N4O2/c1-17-6-7-18-11(8-17)12-15-13(19-16-12)9-2-4-10(14)5-3-9/h9-11H,2-8,14H2,1H3. The molecule has 1 aliphatic carbocycles. The van der Waals surface area contributed by atoms with Gasteiger partial charge in [0.25, 0.3) is 0 Å². The van der Waals surface area contributed by atoms with Crippen molar-refractivity contribution in [1.82, 2.24) is 15.0 Å². The van der Waals surface area contributed by atoms with Gasteiger partial charge in [0.1, 0.15) is 6.10 Å². The lowest BCUT2D eigenvalue weighted by molar-refractivity contribution is -0.0264. The molecule has 1 aliphatic heterocycles. The fourth-order valence-corrected chi connectivity index (χ4v) is 2.84. The zero-order valence-electron chi connectivity index (χ0n) is 11.4. The summed E-state index contributed by atoms with van der Waals surface area (Å²) in [5.41, 5.74) is 5.92. The number of rotatable bonds is 2. The Morgan fingerprint density at radius 2 is 2.05 bits per heavy atom. The van der Waals surface area contributed by atoms with Crippen LogP contribution in [-0.2, 0) is 4.74 Å². The van der Waals surface area contributed by atoms with E-state index in [1.807, 2.05) is 0 Å². The van der Waals surface area contributed by atoms with Crippen LogP contribution < -0.4 is 5.73 Å². The summed E-state index contributed by atoms with van der Waals surface area (Å²) in [6.45, 7) is 2.51. The third-order valence-electron chi connectivity index (χ3n) is 4.14. The molecule has 2 fully saturated rings. The Hall–Kier alpha value is -0.980. The first-order valence-corrected chi connectivity index (χ1v) is 7.11. The fraction of sp³-hybridized carbons (Fsp3) is 0.846. The molecule has 1 saturated carbocycles. The second kappa shape index (κ2) is 5.56. The number of morpholine rings is 1. The number of hydrogen-bond acceptors (Lipinski definition) is 6. The van der Waals surface area contributed by atoms with E-state index >= 15 is 0 Å². The van der Waals surface area contributed by atoms with E-state index < -0.39 is 0 Å². The number of likely N-dealkylation sites (N-methyl/N-ethyl adjacent to an activating group) is 1. The van der Waals surface area contributed by atoms with Crippen LogP contribution in [0, 0.1) is 0 Å². The van der Waals surface area contributed by atoms with Crippen molar-refractivity contribution in [2.75, 3.05) is 26.7 Å². The van der Waals surface area contributed by atoms with Gasteiger partial charge in [-0.05, 0) is 32.7 Å². The zero-order valence-corrected chi connectivity index (χ0v) is 11.4. The van der Waals surface area contributed by atoms with Gasteiger partial charge in [-0.2, -0.15) is 4.98 Å². The van der Waals surface area contributed by atoms with Crippen LogP contribution in [0.2, 0.25) is 0 Å². The molecule has 2 N–H and O–H groups in total. The van der Waals surface area contributed by atoms with Gasteiger partial charge in [-0.1, -0.05) is 5.16 Å². The molecule has 0 spiro atoms. The third-order valence-corrected chi connectivity index (χ3v) is 4.14. The van der Waals surface area contributed by atoms with Gasteiger partial charge in [0.15, 0.2) is 0 Å². The largest absolute Gasteiger partial charge is 0.367 e. The lowest BCUT2D eigenvalue weighted by Gasteiger charge is -2.27. The molecule has 0 amide bonds. The number of hydrogen-bond donors (Lipinski definition) is 1. The lowest BCUT2D eigenvalue weighted by atomic mass is 9.86. The Labute approximate surface area is 113 Å². The second-order valence-electron chi connectivity index (χ2n) is 5.72. The van der Waals surface area contributed by atoms with Crippen molar-refractivity contribution in [3.05, 3.63) is 11.7 Å². The van der Waals surface area contributed by atoms with Crippen LogP contribution in [0.4, 0.5) is 0 Å². The van der Waals surface area contributed by atoms with E-state index in [1.165, 1.54) is 0 Å². The summed E-state index contributed by atoms with van der Waals surface area (Å²) in [7, 11) is 2.08. The summed E-state index contributed by atoms with van der Waals surface area (Å²) in [5.74, 6) is 1.83. The van der Waals surface area contributed by atoms with Crippen molar-refractivity contribution in [3.8, 4) is 0 Å². The van der Waals surface area contributed by atoms with Crippen molar-refractivity contribution in [2.45, 2.75) is 43.7 Å². The smallest absolute Gasteiger partial charge is 0.229 e. The summed E-state index contributed by atoms with van der Waals surface area (Å²) in [6.07, 6.45) is 4.14. The maximum Gasteiger partial charge on any atom is 0.229 e. The molecule has 2 aliphatic rings. The highest BCUT2D eigenvalue weighted by Crippen LogP contribution is 2.32. The molecule has 1 aromatic heterocycles. The van der Waals surface area contributed by atoms with Gasteiger partial charge >= 0.3 is 0 Å². The van der Waals surface area contributed by atoms with Crippen molar-refractivity contribution >= 4 is 0 Å². The first kappa shape index (κ1) is 13.0. The Morgan fingerprint density at radius 3 is 2.79 bits per heavy atom. The third kappa shape index (κ3) is 2.96. The molecule has 1 saturated heterocycles. The monoisotopic (exact) mass is 266 g/mol. The van der Waals surface area contributed by atoms with E-state index in [-0.39, 0.29) is 6.10 Å². The molecular formula is C13H22N4O2. The van der Waals surface area contributed by atoms with Crippen molar-refractivity contribution in [1.29, 1.82) is 0 Å². The van der Waals surface area contributed by atoms with Gasteiger partial charge < -0.3 is 19.9 Å². The summed E-state index contributed by atoms with van der Waals surface area (Å²) >= 11 is 0. The molecule has 19 heavy (non-hydrogen) atoms. The SMILES string of the molecule is CN1CCOC(c2noc(C3CCC(N)CC3)n2)C1. The first-order valence-electron chi connectivity index (χ1n) is 7.11. The summed E-state index contributed by atoms with van der Waals surface area (Å²) in [6, 6.07) is 0.342. The van der Waals surface area contributed by atoms with Gasteiger partial charge in [-0.3, -0.25) is 0 Å². The Morgan fingerprint density at radius 1 is 1.26 bits per heavy atom. The zero-order chi connectivity index (χ0) is 13.2. The average Bonchev–Trinajstić information content (AvgIpc) is 2.89. The molecule has 106 valence electrons. The fourth-order valence-electron chi connectivity index (χ4n) is 2.84. The molecule has 1 atom stereocenters. The molecule has 6 heteroatoms. The average molecular weight is 266 g/mol. The van der Waals surface area contributed by atoms with Crippen LogP contribution in [0.5, 0.6) is 0 Å². The van der Waals surface area contributed by atoms with E-state index in [1.54, 1.807) is 0 Å². The lowest BCUT2D eigenvalue weighted by Crippen LogP contribution is -2.35. The molecule has 0 bridgehead atoms. The predicted octanol–water partition coefficient (Wildman–Crippen LogP) is 1.06. The maximum atomic E-state index is 5.92. The molecular weight excluding hydrogens is 244 g/mol. The quantitative estimate of drug-likeness (QED) is 0.862. The van der Waals surface area contributed by atoms with E-state index in [9.17, 15) is 0 Å². The predicted molar refractivity (Wildman–Crippen MR) is 69.7 cm³/mol. The van der Waals surface area contributed by atoms with Gasteiger partial charge in [0, 0.05) is 25.0 Å². The van der Waals surface area contributed by atoms with E-state index in [0.717, 1.165) is 51.3 Å². The Kier molecular flexibility index (Phi) is 3.81. The van der Waals surface area contributed by atoms with Crippen LogP contribution in [0.25, 0.3) is 0 Å². The van der Waals surface area contributed by atoms with Crippen LogP contribution in [0.15, 0.2) is 4.52 Å². The number of nitrogens with two attached hydrogens (primary N) is 1. The summed E-state index contributed by atoms with van der Waals surface area (Å²) in [5, 5.41) is 4.10. The van der Waals surface area contributed by atoms with Crippen LogP contribution in [0.3, 0.4) is 0 Å². The molecule has 6 nitrogen and oxygen atoms in total. The van der Waals surface area contributed by atoms with E-state index in [0.29, 0.717) is 17.8 Å². The molecule has 3 rings (SSSR count). The molecule has 2 heterocycles. The number of ether oxygens (including phenoxy) is 1. The number of aromatic nitrogens is 2. The highest BCUT2D eigenvalue weighted by atomic mass is 16.5. The van der Waals surface area contributed by atoms with Crippen molar-refractivity contribution in [2.24, 2.45) is 5.73 Å². The van der Waals surface area contributed by atoms with Gasteiger partial charge in [-0.25, -0.2) is 0 Å². The van der Waals surface area contributed by atoms with Crippen LogP contribution in [-0.4, -0.2) is 47.8 Å². The molecule has 1 aromatic rings. The minimum absolute atomic E-state index is 0.0536. The van der Waals surface area contributed by atoms with Crippen molar-refractivity contribution in [3.63, 3.8) is 0 Å². The van der Waals surface area contributed by atoms with Crippen LogP contribution in [0.1, 0.15) is 49.4 Å². The maximum absolute atomic E-state index is 5.92. The highest BCUT2D eigenvalue weighted by Gasteiger charge is 2.28. The number of nitrogens with zero attached hydrogens (tertiary/aromatic N) is 3. The highest BCUT2D eigenvalue weighted by molar-refractivity contribution is 5.00. The second-order valence-corrected chi connectivity index (χ2v) is 5.72. The van der Waals surface area contributed by atoms with Crippen molar-refractivity contribution < 1.29 is 9.26 Å². The Bertz CT molecular complexity index is 415. The molecule has 0 aromatic carbocycles. The first-order chi connectivity index (χ1) is 9.22. The Balaban J connectivity index is 1.65. The van der Waals surface area contributed by atoms with Gasteiger partial charge in [0.05, 0.1) is 6.61 Å². The minimum Gasteiger partial charge on any atom is -0.367 e. The van der Waals surface area contributed by atoms with E-state index in [4.69, 9.17) is 15.0 Å². The summed E-state index contributed by atoms with van der Waals surface area (Å²) < 4.78 is 11.1.